The van der Waals surface area contributed by atoms with Crippen molar-refractivity contribution in [2.45, 2.75) is 37.4 Å². The van der Waals surface area contributed by atoms with Crippen LogP contribution in [0.1, 0.15) is 31.2 Å². The first kappa shape index (κ1) is 19.9. The Labute approximate surface area is 161 Å². The van der Waals surface area contributed by atoms with Crippen LogP contribution in [-0.4, -0.2) is 55.7 Å². The Morgan fingerprint density at radius 1 is 1.41 bits per heavy atom. The van der Waals surface area contributed by atoms with Gasteiger partial charge in [0.05, 0.1) is 13.7 Å². The predicted octanol–water partition coefficient (Wildman–Crippen LogP) is 3.06. The largest absolute Gasteiger partial charge is 0.508 e. The molecular weight excluding hydrogens is 381 g/mol. The van der Waals surface area contributed by atoms with Crippen molar-refractivity contribution in [3.63, 3.8) is 0 Å². The van der Waals surface area contributed by atoms with Crippen molar-refractivity contribution >= 4 is 23.7 Å². The summed E-state index contributed by atoms with van der Waals surface area (Å²) in [7, 11) is 1.55. The van der Waals surface area contributed by atoms with Crippen molar-refractivity contribution < 1.29 is 33.0 Å². The molecule has 0 aromatic heterocycles. The number of hydrogen-bond acceptors (Lipinski definition) is 7. The van der Waals surface area contributed by atoms with Gasteiger partial charge in [-0.15, -0.1) is 0 Å². The van der Waals surface area contributed by atoms with E-state index < -0.39 is 35.6 Å². The molecule has 2 unspecified atom stereocenters. The molecule has 3 rings (SSSR count). The Hall–Kier alpha value is -1.90. The number of carbonyl (C=O) groups is 2. The highest BCUT2D eigenvalue weighted by Gasteiger charge is 2.60. The van der Waals surface area contributed by atoms with Crippen LogP contribution in [0.5, 0.6) is 0 Å². The maximum atomic E-state index is 14.5. The van der Waals surface area contributed by atoms with Gasteiger partial charge in [-0.25, -0.2) is 9.18 Å². The van der Waals surface area contributed by atoms with Crippen LogP contribution in [0.4, 0.5) is 9.18 Å². The summed E-state index contributed by atoms with van der Waals surface area (Å²) in [5.74, 6) is -2.51. The minimum atomic E-state index is -1.17. The number of ether oxygens (including phenoxy) is 3. The molecule has 27 heavy (non-hydrogen) atoms. The van der Waals surface area contributed by atoms with E-state index in [9.17, 15) is 14.0 Å². The molecule has 2 aliphatic rings. The molecule has 1 spiro atoms. The van der Waals surface area contributed by atoms with Gasteiger partial charge in [0.15, 0.2) is 11.7 Å². The maximum Gasteiger partial charge on any atom is 0.508 e. The third kappa shape index (κ3) is 3.74. The zero-order valence-corrected chi connectivity index (χ0v) is 15.8. The van der Waals surface area contributed by atoms with Gasteiger partial charge in [-0.1, -0.05) is 17.7 Å². The summed E-state index contributed by atoms with van der Waals surface area (Å²) in [6.45, 7) is 2.67. The van der Waals surface area contributed by atoms with Gasteiger partial charge in [-0.3, -0.25) is 4.79 Å². The Balaban J connectivity index is 1.99. The second-order valence-electron chi connectivity index (χ2n) is 6.43. The molecule has 0 amide bonds. The van der Waals surface area contributed by atoms with Crippen LogP contribution < -0.4 is 0 Å². The van der Waals surface area contributed by atoms with Gasteiger partial charge >= 0.3 is 12.1 Å². The van der Waals surface area contributed by atoms with Crippen LogP contribution >= 0.6 is 11.6 Å². The molecule has 1 aromatic carbocycles. The number of halogens is 2. The third-order valence-corrected chi connectivity index (χ3v) is 5.33. The fourth-order valence-corrected chi connectivity index (χ4v) is 3.97. The summed E-state index contributed by atoms with van der Waals surface area (Å²) in [6, 6.07) is 4.12. The van der Waals surface area contributed by atoms with Gasteiger partial charge in [0, 0.05) is 36.5 Å². The molecule has 0 bridgehead atoms. The molecule has 148 valence electrons. The van der Waals surface area contributed by atoms with Gasteiger partial charge in [0.25, 0.3) is 0 Å². The van der Waals surface area contributed by atoms with E-state index in [0.717, 1.165) is 0 Å². The summed E-state index contributed by atoms with van der Waals surface area (Å²) in [5.41, 5.74) is -1.13. The Kier molecular flexibility index (Phi) is 5.88. The topological polar surface area (TPSA) is 74.3 Å². The average Bonchev–Trinajstić information content (AvgIpc) is 2.88. The van der Waals surface area contributed by atoms with Crippen LogP contribution in [0, 0.1) is 5.82 Å². The number of hydroxylamine groups is 2. The lowest BCUT2D eigenvalue weighted by Crippen LogP contribution is -2.51. The monoisotopic (exact) mass is 401 g/mol. The minimum absolute atomic E-state index is 0.0375. The lowest BCUT2D eigenvalue weighted by Gasteiger charge is -2.40. The highest BCUT2D eigenvalue weighted by atomic mass is 35.5. The summed E-state index contributed by atoms with van der Waals surface area (Å²) in [6.07, 6.45) is -1.28. The molecule has 2 heterocycles. The molecule has 7 nitrogen and oxygen atoms in total. The lowest BCUT2D eigenvalue weighted by molar-refractivity contribution is -0.193. The van der Waals surface area contributed by atoms with Crippen molar-refractivity contribution in [2.75, 3.05) is 26.8 Å². The molecule has 0 N–H and O–H groups in total. The van der Waals surface area contributed by atoms with E-state index in [4.69, 9.17) is 30.6 Å². The Morgan fingerprint density at radius 3 is 2.70 bits per heavy atom. The zero-order valence-electron chi connectivity index (χ0n) is 15.1. The lowest BCUT2D eigenvalue weighted by atomic mass is 9.80. The van der Waals surface area contributed by atoms with E-state index in [1.54, 1.807) is 19.1 Å². The van der Waals surface area contributed by atoms with Gasteiger partial charge in [0.1, 0.15) is 11.7 Å². The van der Waals surface area contributed by atoms with Crippen LogP contribution in [0.3, 0.4) is 0 Å². The fraction of sp³-hybridized carbons (Fsp3) is 0.556. The smallest absolute Gasteiger partial charge is 0.454 e. The van der Waals surface area contributed by atoms with Crippen molar-refractivity contribution in [1.82, 2.24) is 5.06 Å². The normalized spacial score (nSPS) is 24.7. The van der Waals surface area contributed by atoms with Crippen LogP contribution in [0.2, 0.25) is 5.02 Å². The second-order valence-corrected chi connectivity index (χ2v) is 6.84. The molecule has 2 atom stereocenters. The zero-order chi connectivity index (χ0) is 19.6. The van der Waals surface area contributed by atoms with Crippen LogP contribution in [0.15, 0.2) is 18.2 Å². The number of piperidine rings is 1. The molecule has 0 radical (unpaired) electrons. The molecule has 2 aliphatic heterocycles. The fourth-order valence-electron chi connectivity index (χ4n) is 3.69. The number of esters is 1. The van der Waals surface area contributed by atoms with E-state index >= 15 is 0 Å². The first-order valence-electron chi connectivity index (χ1n) is 8.71. The summed E-state index contributed by atoms with van der Waals surface area (Å²) < 4.78 is 30.5. The van der Waals surface area contributed by atoms with E-state index in [1.807, 2.05) is 0 Å². The van der Waals surface area contributed by atoms with E-state index in [2.05, 4.69) is 0 Å². The number of nitrogens with zero attached hydrogens (tertiary/aromatic N) is 1. The third-order valence-electron chi connectivity index (χ3n) is 5.00. The minimum Gasteiger partial charge on any atom is -0.454 e. The standard InChI is InChI=1S/C18H21ClFNO6/c1-3-25-17(23)26-15-14(13-11(19)5-4-6-12(13)20)16(22)27-18(15)7-9-21(24-2)10-8-18/h4-6,14-15H,3,7-10H2,1-2H3. The van der Waals surface area contributed by atoms with Crippen molar-refractivity contribution in [2.24, 2.45) is 0 Å². The molecule has 0 aliphatic carbocycles. The van der Waals surface area contributed by atoms with Gasteiger partial charge in [-0.05, 0) is 19.1 Å². The van der Waals surface area contributed by atoms with E-state index in [0.29, 0.717) is 25.9 Å². The highest BCUT2D eigenvalue weighted by molar-refractivity contribution is 6.31. The molecule has 0 saturated carbocycles. The first-order valence-corrected chi connectivity index (χ1v) is 9.09. The molecule has 2 saturated heterocycles. The Bertz CT molecular complexity index is 702. The molecule has 1 aromatic rings. The summed E-state index contributed by atoms with van der Waals surface area (Å²) in [4.78, 5) is 30.0. The van der Waals surface area contributed by atoms with Crippen molar-refractivity contribution in [1.29, 1.82) is 0 Å². The van der Waals surface area contributed by atoms with Gasteiger partial charge in [0.2, 0.25) is 0 Å². The van der Waals surface area contributed by atoms with E-state index in [1.165, 1.54) is 18.2 Å². The highest BCUT2D eigenvalue weighted by Crippen LogP contribution is 2.47. The van der Waals surface area contributed by atoms with Crippen molar-refractivity contribution in [3.05, 3.63) is 34.6 Å². The SMILES string of the molecule is CCOC(=O)OC1C(c2c(F)cccc2Cl)C(=O)OC12CCN(OC)CC2. The van der Waals surface area contributed by atoms with Gasteiger partial charge < -0.3 is 19.0 Å². The number of rotatable bonds is 4. The Morgan fingerprint density at radius 2 is 2.11 bits per heavy atom. The quantitative estimate of drug-likeness (QED) is 0.718. The summed E-state index contributed by atoms with van der Waals surface area (Å²) >= 11 is 6.16. The average molecular weight is 402 g/mol. The molecule has 2 fully saturated rings. The number of benzene rings is 1. The number of hydrogen-bond donors (Lipinski definition) is 0. The van der Waals surface area contributed by atoms with E-state index in [-0.39, 0.29) is 17.2 Å². The first-order chi connectivity index (χ1) is 12.9. The summed E-state index contributed by atoms with van der Waals surface area (Å²) in [5, 5.41) is 1.78. The second kappa shape index (κ2) is 8.00. The molecule has 9 heteroatoms. The van der Waals surface area contributed by atoms with Crippen LogP contribution in [-0.2, 0) is 23.8 Å². The maximum absolute atomic E-state index is 14.5. The predicted molar refractivity (Wildman–Crippen MR) is 92.7 cm³/mol. The van der Waals surface area contributed by atoms with Crippen molar-refractivity contribution in [3.8, 4) is 0 Å². The van der Waals surface area contributed by atoms with Gasteiger partial charge in [-0.2, -0.15) is 5.06 Å². The van der Waals surface area contributed by atoms with Crippen LogP contribution in [0.25, 0.3) is 0 Å². The number of carbonyl (C=O) groups excluding carboxylic acids is 2. The molecular formula is C18H21ClFNO6.